The number of aliphatic hydroxyl groups is 1. The van der Waals surface area contributed by atoms with Crippen molar-refractivity contribution in [2.24, 2.45) is 5.92 Å². The van der Waals surface area contributed by atoms with E-state index in [1.807, 2.05) is 13.8 Å². The van der Waals surface area contributed by atoms with Crippen molar-refractivity contribution in [3.05, 3.63) is 0 Å². The first-order chi connectivity index (χ1) is 6.04. The predicted molar refractivity (Wildman–Crippen MR) is 57.9 cm³/mol. The maximum absolute atomic E-state index is 9.93. The van der Waals surface area contributed by atoms with Crippen LogP contribution in [-0.4, -0.2) is 23.8 Å². The van der Waals surface area contributed by atoms with Crippen molar-refractivity contribution in [3.63, 3.8) is 0 Å². The van der Waals surface area contributed by atoms with Crippen LogP contribution in [0.3, 0.4) is 0 Å². The molecule has 80 valence electrons. The van der Waals surface area contributed by atoms with E-state index in [2.05, 4.69) is 19.2 Å². The molecule has 0 unspecified atom stereocenters. The van der Waals surface area contributed by atoms with Crippen LogP contribution < -0.4 is 5.32 Å². The van der Waals surface area contributed by atoms with E-state index in [-0.39, 0.29) is 0 Å². The van der Waals surface area contributed by atoms with Crippen LogP contribution in [0, 0.1) is 5.92 Å². The Morgan fingerprint density at radius 3 is 2.15 bits per heavy atom. The van der Waals surface area contributed by atoms with E-state index in [0.717, 1.165) is 31.8 Å². The summed E-state index contributed by atoms with van der Waals surface area (Å²) in [6.45, 7) is 10.2. The summed E-state index contributed by atoms with van der Waals surface area (Å²) < 4.78 is 0. The molecule has 0 saturated heterocycles. The van der Waals surface area contributed by atoms with Gasteiger partial charge in [-0.15, -0.1) is 0 Å². The standard InChI is InChI=1S/C11H25NO/c1-5-11(13,6-2)9-12-8-7-10(3)4/h10,12-13H,5-9H2,1-4H3. The quantitative estimate of drug-likeness (QED) is 0.599. The average molecular weight is 187 g/mol. The van der Waals surface area contributed by atoms with E-state index >= 15 is 0 Å². The van der Waals surface area contributed by atoms with Crippen LogP contribution in [0.15, 0.2) is 0 Å². The SMILES string of the molecule is CCC(O)(CC)CNCCC(C)C. The summed E-state index contributed by atoms with van der Waals surface area (Å²) in [5.41, 5.74) is -0.489. The summed E-state index contributed by atoms with van der Waals surface area (Å²) in [6, 6.07) is 0. The van der Waals surface area contributed by atoms with Crippen molar-refractivity contribution in [1.29, 1.82) is 0 Å². The van der Waals surface area contributed by atoms with Crippen LogP contribution in [0.25, 0.3) is 0 Å². The van der Waals surface area contributed by atoms with Gasteiger partial charge in [-0.2, -0.15) is 0 Å². The molecular weight excluding hydrogens is 162 g/mol. The minimum Gasteiger partial charge on any atom is -0.389 e. The van der Waals surface area contributed by atoms with E-state index in [1.54, 1.807) is 0 Å². The fourth-order valence-corrected chi connectivity index (χ4v) is 1.21. The van der Waals surface area contributed by atoms with Gasteiger partial charge in [-0.3, -0.25) is 0 Å². The lowest BCUT2D eigenvalue weighted by molar-refractivity contribution is 0.0325. The van der Waals surface area contributed by atoms with Crippen LogP contribution in [0.2, 0.25) is 0 Å². The minimum absolute atomic E-state index is 0.489. The van der Waals surface area contributed by atoms with Gasteiger partial charge in [0.1, 0.15) is 0 Å². The fraction of sp³-hybridized carbons (Fsp3) is 1.00. The Morgan fingerprint density at radius 1 is 1.23 bits per heavy atom. The Labute approximate surface area is 82.7 Å². The van der Waals surface area contributed by atoms with Crippen LogP contribution in [0.4, 0.5) is 0 Å². The topological polar surface area (TPSA) is 32.3 Å². The Kier molecular flexibility index (Phi) is 6.35. The highest BCUT2D eigenvalue weighted by molar-refractivity contribution is 4.77. The van der Waals surface area contributed by atoms with Gasteiger partial charge in [0.05, 0.1) is 5.60 Å². The molecule has 0 heterocycles. The molecule has 0 bridgehead atoms. The number of hydrogen-bond acceptors (Lipinski definition) is 2. The van der Waals surface area contributed by atoms with Gasteiger partial charge in [-0.05, 0) is 31.7 Å². The van der Waals surface area contributed by atoms with Gasteiger partial charge in [-0.25, -0.2) is 0 Å². The summed E-state index contributed by atoms with van der Waals surface area (Å²) in [4.78, 5) is 0. The van der Waals surface area contributed by atoms with Crippen molar-refractivity contribution >= 4 is 0 Å². The molecule has 0 aliphatic heterocycles. The number of nitrogens with one attached hydrogen (secondary N) is 1. The lowest BCUT2D eigenvalue weighted by Crippen LogP contribution is -2.40. The van der Waals surface area contributed by atoms with Gasteiger partial charge in [0.15, 0.2) is 0 Å². The molecule has 0 atom stereocenters. The summed E-state index contributed by atoms with van der Waals surface area (Å²) in [7, 11) is 0. The van der Waals surface area contributed by atoms with E-state index in [9.17, 15) is 5.11 Å². The molecule has 0 rings (SSSR count). The molecular formula is C11H25NO. The molecule has 0 aromatic heterocycles. The molecule has 0 aromatic carbocycles. The Morgan fingerprint density at radius 2 is 1.77 bits per heavy atom. The van der Waals surface area contributed by atoms with E-state index < -0.39 is 5.60 Å². The van der Waals surface area contributed by atoms with Crippen molar-refractivity contribution in [2.75, 3.05) is 13.1 Å². The predicted octanol–water partition coefficient (Wildman–Crippen LogP) is 2.17. The van der Waals surface area contributed by atoms with E-state index in [0.29, 0.717) is 0 Å². The maximum atomic E-state index is 9.93. The third-order valence-corrected chi connectivity index (χ3v) is 2.67. The third-order valence-electron chi connectivity index (χ3n) is 2.67. The molecule has 2 N–H and O–H groups in total. The largest absolute Gasteiger partial charge is 0.389 e. The van der Waals surface area contributed by atoms with Crippen molar-refractivity contribution in [3.8, 4) is 0 Å². The second kappa shape index (κ2) is 6.39. The second-order valence-electron chi connectivity index (χ2n) is 4.29. The van der Waals surface area contributed by atoms with Gasteiger partial charge in [0.2, 0.25) is 0 Å². The van der Waals surface area contributed by atoms with Crippen molar-refractivity contribution in [2.45, 2.75) is 52.6 Å². The first kappa shape index (κ1) is 12.9. The highest BCUT2D eigenvalue weighted by Crippen LogP contribution is 2.12. The summed E-state index contributed by atoms with van der Waals surface area (Å²) >= 11 is 0. The molecule has 0 aromatic rings. The van der Waals surface area contributed by atoms with Crippen molar-refractivity contribution < 1.29 is 5.11 Å². The Hall–Kier alpha value is -0.0800. The number of hydrogen-bond donors (Lipinski definition) is 2. The van der Waals surface area contributed by atoms with Gasteiger partial charge >= 0.3 is 0 Å². The summed E-state index contributed by atoms with van der Waals surface area (Å²) in [6.07, 6.45) is 2.85. The highest BCUT2D eigenvalue weighted by Gasteiger charge is 2.20. The lowest BCUT2D eigenvalue weighted by atomic mass is 9.97. The zero-order chi connectivity index (χ0) is 10.3. The van der Waals surface area contributed by atoms with Crippen molar-refractivity contribution in [1.82, 2.24) is 5.32 Å². The zero-order valence-electron chi connectivity index (χ0n) is 9.56. The monoisotopic (exact) mass is 187 g/mol. The van der Waals surface area contributed by atoms with Crippen LogP contribution in [0.5, 0.6) is 0 Å². The zero-order valence-corrected chi connectivity index (χ0v) is 9.56. The summed E-state index contributed by atoms with van der Waals surface area (Å²) in [5, 5.41) is 13.2. The molecule has 0 spiro atoms. The van der Waals surface area contributed by atoms with Gasteiger partial charge in [0, 0.05) is 6.54 Å². The molecule has 0 radical (unpaired) electrons. The maximum Gasteiger partial charge on any atom is 0.0766 e. The number of rotatable bonds is 7. The first-order valence-corrected chi connectivity index (χ1v) is 5.47. The third kappa shape index (κ3) is 6.05. The minimum atomic E-state index is -0.489. The first-order valence-electron chi connectivity index (χ1n) is 5.47. The van der Waals surface area contributed by atoms with E-state index in [4.69, 9.17) is 0 Å². The van der Waals surface area contributed by atoms with Crippen LogP contribution in [0.1, 0.15) is 47.0 Å². The van der Waals surface area contributed by atoms with Gasteiger partial charge < -0.3 is 10.4 Å². The lowest BCUT2D eigenvalue weighted by Gasteiger charge is -2.25. The molecule has 2 nitrogen and oxygen atoms in total. The smallest absolute Gasteiger partial charge is 0.0766 e. The van der Waals surface area contributed by atoms with Gasteiger partial charge in [0.25, 0.3) is 0 Å². The Bertz CT molecular complexity index is 119. The fourth-order valence-electron chi connectivity index (χ4n) is 1.21. The average Bonchev–Trinajstić information content (AvgIpc) is 2.12. The highest BCUT2D eigenvalue weighted by atomic mass is 16.3. The molecule has 0 saturated carbocycles. The molecule has 13 heavy (non-hydrogen) atoms. The summed E-state index contributed by atoms with van der Waals surface area (Å²) in [5.74, 6) is 0.740. The molecule has 2 heteroatoms. The molecule has 0 aliphatic carbocycles. The van der Waals surface area contributed by atoms with E-state index in [1.165, 1.54) is 6.42 Å². The van der Waals surface area contributed by atoms with Crippen LogP contribution >= 0.6 is 0 Å². The van der Waals surface area contributed by atoms with Crippen LogP contribution in [-0.2, 0) is 0 Å². The Balaban J connectivity index is 3.50. The molecule has 0 fully saturated rings. The molecule has 0 aliphatic rings. The second-order valence-corrected chi connectivity index (χ2v) is 4.29. The molecule has 0 amide bonds. The normalized spacial score (nSPS) is 12.5. The van der Waals surface area contributed by atoms with Gasteiger partial charge in [-0.1, -0.05) is 27.7 Å².